The van der Waals surface area contributed by atoms with Gasteiger partial charge in [0.1, 0.15) is 0 Å². The van der Waals surface area contributed by atoms with Crippen molar-refractivity contribution in [1.29, 1.82) is 0 Å². The number of carbonyl (C=O) groups excluding carboxylic acids is 1. The van der Waals surface area contributed by atoms with E-state index in [-0.39, 0.29) is 18.2 Å². The van der Waals surface area contributed by atoms with E-state index < -0.39 is 6.23 Å². The van der Waals surface area contributed by atoms with Gasteiger partial charge in [0.25, 0.3) is 0 Å². The molecule has 29 heavy (non-hydrogen) atoms. The van der Waals surface area contributed by atoms with E-state index in [1.165, 1.54) is 11.8 Å². The zero-order valence-corrected chi connectivity index (χ0v) is 17.9. The lowest BCUT2D eigenvalue weighted by Gasteiger charge is -2.31. The highest BCUT2D eigenvalue weighted by molar-refractivity contribution is 7.98. The van der Waals surface area contributed by atoms with Crippen LogP contribution in [0.25, 0.3) is 11.3 Å². The number of hydrogen-bond acceptors (Lipinski definition) is 6. The van der Waals surface area contributed by atoms with Crippen molar-refractivity contribution >= 4 is 46.6 Å². The number of anilines is 1. The number of halogens is 2. The molecule has 1 aromatic heterocycles. The summed E-state index contributed by atoms with van der Waals surface area (Å²) in [5, 5.41) is 9.71. The van der Waals surface area contributed by atoms with Crippen LogP contribution < -0.4 is 9.64 Å². The molecule has 0 bridgehead atoms. The maximum Gasteiger partial charge on any atom is 0.247 e. The fourth-order valence-electron chi connectivity index (χ4n) is 3.17. The molecule has 1 unspecified atom stereocenters. The number of fused-ring (bicyclic) bond motifs is 3. The van der Waals surface area contributed by atoms with Crippen molar-refractivity contribution < 1.29 is 9.53 Å². The van der Waals surface area contributed by atoms with Crippen LogP contribution in [0.2, 0.25) is 10.0 Å². The van der Waals surface area contributed by atoms with Crippen LogP contribution in [0.5, 0.6) is 5.88 Å². The van der Waals surface area contributed by atoms with Crippen molar-refractivity contribution in [2.45, 2.75) is 24.7 Å². The van der Waals surface area contributed by atoms with E-state index in [0.29, 0.717) is 37.7 Å². The van der Waals surface area contributed by atoms with Gasteiger partial charge in [0.2, 0.25) is 23.2 Å². The zero-order chi connectivity index (χ0) is 20.5. The molecule has 4 rings (SSSR count). The molecule has 1 aliphatic heterocycles. The number of benzene rings is 2. The van der Waals surface area contributed by atoms with Gasteiger partial charge in [-0.2, -0.15) is 4.98 Å². The Hall–Kier alpha value is -2.35. The summed E-state index contributed by atoms with van der Waals surface area (Å²) < 4.78 is 6.27. The Morgan fingerprint density at radius 3 is 2.55 bits per heavy atom. The first-order valence-electron chi connectivity index (χ1n) is 8.85. The van der Waals surface area contributed by atoms with Gasteiger partial charge in [-0.3, -0.25) is 9.69 Å². The molecule has 0 saturated carbocycles. The first kappa shape index (κ1) is 19.9. The minimum Gasteiger partial charge on any atom is -0.447 e. The summed E-state index contributed by atoms with van der Waals surface area (Å²) in [6, 6.07) is 12.6. The van der Waals surface area contributed by atoms with Crippen LogP contribution in [-0.4, -0.2) is 27.3 Å². The van der Waals surface area contributed by atoms with E-state index in [9.17, 15) is 4.79 Å². The van der Waals surface area contributed by atoms with Crippen molar-refractivity contribution in [3.05, 3.63) is 58.1 Å². The average Bonchev–Trinajstić information content (AvgIpc) is 2.87. The lowest BCUT2D eigenvalue weighted by Crippen LogP contribution is -2.37. The molecule has 0 aliphatic carbocycles. The number of ether oxygens (including phenoxy) is 1. The molecule has 1 atom stereocenters. The Morgan fingerprint density at radius 1 is 1.14 bits per heavy atom. The zero-order valence-electron chi connectivity index (χ0n) is 15.6. The van der Waals surface area contributed by atoms with Gasteiger partial charge in [-0.25, -0.2) is 0 Å². The van der Waals surface area contributed by atoms with Gasteiger partial charge < -0.3 is 4.74 Å². The fraction of sp³-hybridized carbons (Fsp3) is 0.200. The summed E-state index contributed by atoms with van der Waals surface area (Å²) in [6.07, 6.45) is 1.21. The number of amides is 1. The Kier molecular flexibility index (Phi) is 5.63. The summed E-state index contributed by atoms with van der Waals surface area (Å²) in [6.45, 7) is 1.79. The fourth-order valence-corrected chi connectivity index (χ4v) is 4.06. The largest absolute Gasteiger partial charge is 0.447 e. The molecule has 2 aromatic carbocycles. The van der Waals surface area contributed by atoms with Crippen LogP contribution in [0.4, 0.5) is 5.69 Å². The molecular formula is C20H16Cl2N4O2S. The molecule has 1 amide bonds. The quantitative estimate of drug-likeness (QED) is 0.501. The molecule has 3 aromatic rings. The van der Waals surface area contributed by atoms with E-state index in [4.69, 9.17) is 27.9 Å². The molecule has 0 spiro atoms. The molecule has 0 fully saturated rings. The van der Waals surface area contributed by atoms with Crippen LogP contribution >= 0.6 is 35.0 Å². The van der Waals surface area contributed by atoms with Crippen LogP contribution in [-0.2, 0) is 4.79 Å². The van der Waals surface area contributed by atoms with Gasteiger partial charge in [0.05, 0.1) is 21.3 Å². The highest BCUT2D eigenvalue weighted by Gasteiger charge is 2.37. The van der Waals surface area contributed by atoms with Gasteiger partial charge in [0, 0.05) is 12.0 Å². The molecule has 1 aliphatic rings. The highest BCUT2D eigenvalue weighted by atomic mass is 35.5. The molecular weight excluding hydrogens is 431 g/mol. The maximum atomic E-state index is 13.1. The monoisotopic (exact) mass is 446 g/mol. The maximum absolute atomic E-state index is 13.1. The van der Waals surface area contributed by atoms with Gasteiger partial charge in [-0.05, 0) is 24.5 Å². The minimum absolute atomic E-state index is 0.149. The normalized spacial score (nSPS) is 15.2. The molecule has 0 saturated heterocycles. The third-order valence-corrected chi connectivity index (χ3v) is 5.71. The smallest absolute Gasteiger partial charge is 0.247 e. The Balaban J connectivity index is 2.03. The Morgan fingerprint density at radius 2 is 1.86 bits per heavy atom. The summed E-state index contributed by atoms with van der Waals surface area (Å²) >= 11 is 14.3. The predicted octanol–water partition coefficient (Wildman–Crippen LogP) is 5.40. The highest BCUT2D eigenvalue weighted by Crippen LogP contribution is 2.45. The Labute approximate surface area is 182 Å². The molecule has 2 heterocycles. The second kappa shape index (κ2) is 8.18. The molecule has 0 radical (unpaired) electrons. The number of para-hydroxylation sites is 1. The lowest BCUT2D eigenvalue weighted by atomic mass is 10.1. The van der Waals surface area contributed by atoms with Crippen molar-refractivity contribution in [3.8, 4) is 17.1 Å². The number of rotatable bonds is 3. The topological polar surface area (TPSA) is 68.2 Å². The Bertz CT molecular complexity index is 1080. The average molecular weight is 447 g/mol. The summed E-state index contributed by atoms with van der Waals surface area (Å²) in [4.78, 5) is 19.1. The predicted molar refractivity (Wildman–Crippen MR) is 115 cm³/mol. The third kappa shape index (κ3) is 3.54. The number of thioether (sulfide) groups is 1. The van der Waals surface area contributed by atoms with Crippen LogP contribution in [0.15, 0.2) is 47.6 Å². The third-order valence-electron chi connectivity index (χ3n) is 4.51. The molecule has 148 valence electrons. The number of hydrogen-bond donors (Lipinski definition) is 0. The first-order valence-corrected chi connectivity index (χ1v) is 10.8. The molecule has 0 N–H and O–H groups in total. The van der Waals surface area contributed by atoms with Gasteiger partial charge >= 0.3 is 0 Å². The number of aromatic nitrogens is 3. The second-order valence-electron chi connectivity index (χ2n) is 6.19. The SMILES string of the molecule is CCC(=O)N1c2ccccc2-c2nnc(SC)nc2OC1c1c(Cl)cccc1Cl. The van der Waals surface area contributed by atoms with E-state index in [1.54, 1.807) is 30.0 Å². The summed E-state index contributed by atoms with van der Waals surface area (Å²) in [5.41, 5.74) is 2.28. The van der Waals surface area contributed by atoms with Crippen molar-refractivity contribution in [2.75, 3.05) is 11.2 Å². The molecule has 9 heteroatoms. The van der Waals surface area contributed by atoms with Crippen LogP contribution in [0.3, 0.4) is 0 Å². The van der Waals surface area contributed by atoms with E-state index >= 15 is 0 Å². The van der Waals surface area contributed by atoms with Crippen molar-refractivity contribution in [2.24, 2.45) is 0 Å². The van der Waals surface area contributed by atoms with Crippen molar-refractivity contribution in [3.63, 3.8) is 0 Å². The van der Waals surface area contributed by atoms with E-state index in [2.05, 4.69) is 15.2 Å². The van der Waals surface area contributed by atoms with Gasteiger partial charge in [-0.15, -0.1) is 10.2 Å². The van der Waals surface area contributed by atoms with Crippen LogP contribution in [0, 0.1) is 0 Å². The number of carbonyl (C=O) groups is 1. The van der Waals surface area contributed by atoms with Crippen LogP contribution in [0.1, 0.15) is 25.1 Å². The summed E-state index contributed by atoms with van der Waals surface area (Å²) in [7, 11) is 0. The summed E-state index contributed by atoms with van der Waals surface area (Å²) in [5.74, 6) is 0.119. The van der Waals surface area contributed by atoms with E-state index in [0.717, 1.165) is 0 Å². The standard InChI is InChI=1S/C20H16Cl2N4O2S/c1-3-15(27)26-14-10-5-4-7-11(14)17-18(23-20(29-2)25-24-17)28-19(26)16-12(21)8-6-9-13(16)22/h4-10,19H,3H2,1-2H3. The van der Waals surface area contributed by atoms with Crippen molar-refractivity contribution in [1.82, 2.24) is 15.2 Å². The van der Waals surface area contributed by atoms with E-state index in [1.807, 2.05) is 30.5 Å². The van der Waals surface area contributed by atoms with Gasteiger partial charge in [0.15, 0.2) is 5.69 Å². The lowest BCUT2D eigenvalue weighted by molar-refractivity contribution is -0.120. The number of nitrogens with zero attached hydrogens (tertiary/aromatic N) is 4. The second-order valence-corrected chi connectivity index (χ2v) is 7.78. The molecule has 6 nitrogen and oxygen atoms in total. The van der Waals surface area contributed by atoms with Gasteiger partial charge in [-0.1, -0.05) is 66.2 Å². The minimum atomic E-state index is -0.905. The first-order chi connectivity index (χ1) is 14.0.